The molecule has 1 unspecified atom stereocenters. The van der Waals surface area contributed by atoms with Gasteiger partial charge in [-0.25, -0.2) is 0 Å². The molecule has 3 aliphatic rings. The van der Waals surface area contributed by atoms with Gasteiger partial charge in [0.2, 0.25) is 6.79 Å². The highest BCUT2D eigenvalue weighted by Gasteiger charge is 2.40. The number of aryl methyl sites for hydroxylation is 1. The maximum Gasteiger partial charge on any atom is 0.231 e. The van der Waals surface area contributed by atoms with Gasteiger partial charge in [-0.1, -0.05) is 15.9 Å². The molecule has 1 heterocycles. The van der Waals surface area contributed by atoms with Gasteiger partial charge in [0.25, 0.3) is 0 Å². The Kier molecular flexibility index (Phi) is 1.98. The molecule has 0 saturated heterocycles. The fraction of sp³-hybridized carbons (Fsp3) is 0.312. The molecule has 20 heavy (non-hydrogen) atoms. The molecule has 2 aromatic rings. The Morgan fingerprint density at radius 1 is 1.05 bits per heavy atom. The zero-order valence-corrected chi connectivity index (χ0v) is 12.2. The number of hydrogen-bond acceptors (Lipinski definition) is 3. The average molecular weight is 331 g/mol. The van der Waals surface area contributed by atoms with Gasteiger partial charge in [0, 0.05) is 5.56 Å². The largest absolute Gasteiger partial charge is 0.454 e. The SMILES string of the molecule is O=C1c2c(c3c(c4cc5c(cc24)OCO5)CCC3)C1Br. The molecule has 2 aliphatic carbocycles. The summed E-state index contributed by atoms with van der Waals surface area (Å²) in [6, 6.07) is 4.03. The first kappa shape index (κ1) is 11.1. The lowest BCUT2D eigenvalue weighted by atomic mass is 9.78. The number of rotatable bonds is 0. The summed E-state index contributed by atoms with van der Waals surface area (Å²) in [5, 5.41) is 2.21. The predicted molar refractivity (Wildman–Crippen MR) is 78.1 cm³/mol. The highest BCUT2D eigenvalue weighted by molar-refractivity contribution is 9.09. The Labute approximate surface area is 124 Å². The molecule has 0 fully saturated rings. The highest BCUT2D eigenvalue weighted by atomic mass is 79.9. The lowest BCUT2D eigenvalue weighted by Gasteiger charge is -2.29. The van der Waals surface area contributed by atoms with E-state index in [1.54, 1.807) is 0 Å². The minimum atomic E-state index is -0.112. The first-order valence-corrected chi connectivity index (χ1v) is 7.76. The van der Waals surface area contributed by atoms with Gasteiger partial charge in [-0.3, -0.25) is 4.79 Å². The third-order valence-electron chi connectivity index (χ3n) is 4.65. The quantitative estimate of drug-likeness (QED) is 0.691. The molecule has 100 valence electrons. The zero-order chi connectivity index (χ0) is 13.4. The Balaban J connectivity index is 1.96. The van der Waals surface area contributed by atoms with Crippen LogP contribution in [0, 0.1) is 0 Å². The van der Waals surface area contributed by atoms with Crippen molar-refractivity contribution >= 4 is 32.5 Å². The Bertz CT molecular complexity index is 809. The normalized spacial score (nSPS) is 21.9. The third kappa shape index (κ3) is 1.15. The molecule has 3 nitrogen and oxygen atoms in total. The Morgan fingerprint density at radius 3 is 2.55 bits per heavy atom. The van der Waals surface area contributed by atoms with Gasteiger partial charge in [-0.05, 0) is 58.9 Å². The van der Waals surface area contributed by atoms with Gasteiger partial charge in [-0.15, -0.1) is 0 Å². The number of fused-ring (bicyclic) bond motifs is 7. The van der Waals surface area contributed by atoms with Gasteiger partial charge in [0.1, 0.15) is 4.83 Å². The summed E-state index contributed by atoms with van der Waals surface area (Å²) in [6.45, 7) is 0.269. The molecule has 0 spiro atoms. The fourth-order valence-corrected chi connectivity index (χ4v) is 4.49. The number of carbonyl (C=O) groups excluding carboxylic acids is 1. The molecule has 0 radical (unpaired) electrons. The van der Waals surface area contributed by atoms with Crippen molar-refractivity contribution in [2.75, 3.05) is 6.79 Å². The second-order valence-corrected chi connectivity index (χ2v) is 6.49. The standard InChI is InChI=1S/C16H11BrO3/c17-15-13-8-3-1-2-7(8)9-4-11-12(20-6-19-11)5-10(9)14(13)16(15)18/h4-5,15H,1-3,6H2. The first-order chi connectivity index (χ1) is 9.75. The van der Waals surface area contributed by atoms with E-state index >= 15 is 0 Å². The van der Waals surface area contributed by atoms with Crippen LogP contribution in [0.5, 0.6) is 11.5 Å². The minimum Gasteiger partial charge on any atom is -0.454 e. The van der Waals surface area contributed by atoms with Crippen molar-refractivity contribution in [2.24, 2.45) is 0 Å². The molecule has 2 aromatic carbocycles. The van der Waals surface area contributed by atoms with Crippen LogP contribution in [0.2, 0.25) is 0 Å². The summed E-state index contributed by atoms with van der Waals surface area (Å²) in [6.07, 6.45) is 3.34. The molecule has 0 aromatic heterocycles. The molecule has 1 aliphatic heterocycles. The monoisotopic (exact) mass is 330 g/mol. The van der Waals surface area contributed by atoms with E-state index in [9.17, 15) is 4.79 Å². The van der Waals surface area contributed by atoms with Crippen LogP contribution in [0.3, 0.4) is 0 Å². The lowest BCUT2D eigenvalue weighted by molar-refractivity contribution is 0.0968. The number of halogens is 1. The van der Waals surface area contributed by atoms with E-state index in [1.165, 1.54) is 28.5 Å². The van der Waals surface area contributed by atoms with E-state index in [0.717, 1.165) is 35.3 Å². The van der Waals surface area contributed by atoms with E-state index in [2.05, 4.69) is 22.0 Å². The van der Waals surface area contributed by atoms with E-state index < -0.39 is 0 Å². The first-order valence-electron chi connectivity index (χ1n) is 6.85. The van der Waals surface area contributed by atoms with Crippen molar-refractivity contribution in [2.45, 2.75) is 24.1 Å². The van der Waals surface area contributed by atoms with Crippen LogP contribution in [0.15, 0.2) is 12.1 Å². The summed E-state index contributed by atoms with van der Waals surface area (Å²) < 4.78 is 10.9. The average Bonchev–Trinajstić information content (AvgIpc) is 3.10. The lowest BCUT2D eigenvalue weighted by Crippen LogP contribution is -2.24. The molecule has 4 heteroatoms. The number of alkyl halides is 1. The van der Waals surface area contributed by atoms with Gasteiger partial charge >= 0.3 is 0 Å². The number of Topliss-reactive ketones (excluding diaryl/α,β-unsaturated/α-hetero) is 1. The molecule has 5 rings (SSSR count). The molecule has 0 saturated carbocycles. The maximum absolute atomic E-state index is 12.2. The maximum atomic E-state index is 12.2. The van der Waals surface area contributed by atoms with Crippen LogP contribution < -0.4 is 9.47 Å². The second-order valence-electron chi connectivity index (χ2n) is 5.58. The van der Waals surface area contributed by atoms with Crippen molar-refractivity contribution in [3.63, 3.8) is 0 Å². The highest BCUT2D eigenvalue weighted by Crippen LogP contribution is 2.51. The number of ketones is 1. The van der Waals surface area contributed by atoms with Gasteiger partial charge < -0.3 is 9.47 Å². The number of ether oxygens (including phenoxy) is 2. The van der Waals surface area contributed by atoms with Gasteiger partial charge in [0.05, 0.1) is 0 Å². The summed E-state index contributed by atoms with van der Waals surface area (Å²) in [5.74, 6) is 1.75. The van der Waals surface area contributed by atoms with Gasteiger partial charge in [-0.2, -0.15) is 0 Å². The van der Waals surface area contributed by atoms with Crippen LogP contribution >= 0.6 is 15.9 Å². The van der Waals surface area contributed by atoms with Crippen LogP contribution in [0.25, 0.3) is 10.8 Å². The van der Waals surface area contributed by atoms with Crippen LogP contribution in [-0.4, -0.2) is 12.6 Å². The van der Waals surface area contributed by atoms with Crippen molar-refractivity contribution in [1.29, 1.82) is 0 Å². The van der Waals surface area contributed by atoms with Crippen molar-refractivity contribution in [3.05, 3.63) is 34.4 Å². The number of hydrogen-bond donors (Lipinski definition) is 0. The van der Waals surface area contributed by atoms with Crippen LogP contribution in [0.1, 0.15) is 38.3 Å². The third-order valence-corrected chi connectivity index (χ3v) is 5.52. The number of benzene rings is 2. The van der Waals surface area contributed by atoms with E-state index in [4.69, 9.17) is 9.47 Å². The summed E-state index contributed by atoms with van der Waals surface area (Å²) >= 11 is 3.52. The van der Waals surface area contributed by atoms with Crippen molar-refractivity contribution in [1.82, 2.24) is 0 Å². The second kappa shape index (κ2) is 3.55. The fourth-order valence-electron chi connectivity index (χ4n) is 3.76. The Hall–Kier alpha value is -1.55. The molecule has 0 N–H and O–H groups in total. The zero-order valence-electron chi connectivity index (χ0n) is 10.7. The Morgan fingerprint density at radius 2 is 1.75 bits per heavy atom. The smallest absolute Gasteiger partial charge is 0.231 e. The van der Waals surface area contributed by atoms with E-state index in [0.29, 0.717) is 0 Å². The molecular formula is C16H11BrO3. The molecule has 0 amide bonds. The summed E-state index contributed by atoms with van der Waals surface area (Å²) in [7, 11) is 0. The molecule has 1 atom stereocenters. The predicted octanol–water partition coefficient (Wildman–Crippen LogP) is 3.69. The topological polar surface area (TPSA) is 35.5 Å². The van der Waals surface area contributed by atoms with Gasteiger partial charge in [0.15, 0.2) is 17.3 Å². The van der Waals surface area contributed by atoms with E-state index in [1.807, 2.05) is 6.07 Å². The van der Waals surface area contributed by atoms with Crippen LogP contribution in [-0.2, 0) is 12.8 Å². The minimum absolute atomic E-state index is 0.112. The van der Waals surface area contributed by atoms with Crippen LogP contribution in [0.4, 0.5) is 0 Å². The summed E-state index contributed by atoms with van der Waals surface area (Å²) in [4.78, 5) is 12.1. The molecular weight excluding hydrogens is 320 g/mol. The molecule has 0 bridgehead atoms. The van der Waals surface area contributed by atoms with Crippen molar-refractivity contribution in [3.8, 4) is 11.5 Å². The van der Waals surface area contributed by atoms with Crippen molar-refractivity contribution < 1.29 is 14.3 Å². The summed E-state index contributed by atoms with van der Waals surface area (Å²) in [5.41, 5.74) is 4.89. The van der Waals surface area contributed by atoms with E-state index in [-0.39, 0.29) is 17.4 Å². The number of carbonyl (C=O) groups is 1.